The first kappa shape index (κ1) is 54.6. The molecule has 1 aromatic carbocycles. The Kier molecular flexibility index (Phi) is 22.6. The van der Waals surface area contributed by atoms with Crippen molar-refractivity contribution in [3.63, 3.8) is 0 Å². The minimum atomic E-state index is -4.74. The number of aliphatic hydroxyl groups is 1. The maximum absolute atomic E-state index is 14.3. The van der Waals surface area contributed by atoms with Crippen LogP contribution < -0.4 is 16.4 Å². The van der Waals surface area contributed by atoms with Crippen molar-refractivity contribution in [1.29, 1.82) is 0 Å². The van der Waals surface area contributed by atoms with E-state index < -0.39 is 86.2 Å². The fraction of sp³-hybridized carbons (Fsp3) is 0.604. The van der Waals surface area contributed by atoms with Gasteiger partial charge in [0, 0.05) is 57.6 Å². The maximum Gasteiger partial charge on any atom is 0.472 e. The van der Waals surface area contributed by atoms with Gasteiger partial charge in [0.15, 0.2) is 11.6 Å². The number of aromatic nitrogens is 2. The summed E-state index contributed by atoms with van der Waals surface area (Å²) >= 11 is 0. The predicted octanol–water partition coefficient (Wildman–Crippen LogP) is 5.02. The van der Waals surface area contributed by atoms with Crippen molar-refractivity contribution in [2.75, 3.05) is 19.8 Å². The van der Waals surface area contributed by atoms with Crippen LogP contribution in [0.15, 0.2) is 65.7 Å². The Labute approximate surface area is 393 Å². The van der Waals surface area contributed by atoms with Crippen LogP contribution in [-0.2, 0) is 68.2 Å². The first-order valence-corrected chi connectivity index (χ1v) is 25.0. The van der Waals surface area contributed by atoms with Crippen molar-refractivity contribution in [3.05, 3.63) is 78.3 Å². The number of hydrogen-bond donors (Lipinski definition) is 5. The molecular weight excluding hydrogens is 884 g/mol. The average Bonchev–Trinajstić information content (AvgIpc) is 4.08. The van der Waals surface area contributed by atoms with Crippen LogP contribution in [-0.4, -0.2) is 104 Å². The number of Topliss-reactive ketones (excluding diaryl/α,β-unsaturated/α-hetero) is 2. The van der Waals surface area contributed by atoms with Gasteiger partial charge in [0.05, 0.1) is 49.8 Å². The molecule has 4 rings (SSSR count). The Morgan fingerprint density at radius 1 is 0.925 bits per heavy atom. The zero-order valence-electron chi connectivity index (χ0n) is 39.4. The first-order valence-electron chi connectivity index (χ1n) is 23.5. The molecule has 0 saturated carbocycles. The number of aliphatic hydroxyl groups excluding tert-OH is 1. The number of imidazole rings is 1. The summed E-state index contributed by atoms with van der Waals surface area (Å²) in [4.78, 5) is 96.8. The first-order chi connectivity index (χ1) is 32.0. The monoisotopic (exact) mass is 954 g/mol. The number of carbonyl (C=O) groups excluding carboxylic acids is 6. The number of nitrogens with two attached hydrogens (primary N) is 1. The molecule has 1 aliphatic heterocycles. The summed E-state index contributed by atoms with van der Waals surface area (Å²) in [6.45, 7) is 6.37. The molecule has 67 heavy (non-hydrogen) atoms. The third-order valence-corrected chi connectivity index (χ3v) is 13.2. The number of carbonyl (C=O) groups is 6. The predicted molar refractivity (Wildman–Crippen MR) is 249 cm³/mol. The number of unbranched alkanes of at least 4 members (excludes halogenated alkanes) is 5. The normalized spacial score (nSPS) is 17.0. The van der Waals surface area contributed by atoms with E-state index in [2.05, 4.69) is 39.9 Å². The number of likely N-dealkylation sites (tertiary alicyclic amines) is 1. The summed E-state index contributed by atoms with van der Waals surface area (Å²) in [5.41, 5.74) is 7.61. The van der Waals surface area contributed by atoms with E-state index in [0.717, 1.165) is 44.9 Å². The van der Waals surface area contributed by atoms with Crippen LogP contribution in [0.2, 0.25) is 0 Å². The Morgan fingerprint density at radius 2 is 1.63 bits per heavy atom. The van der Waals surface area contributed by atoms with Gasteiger partial charge in [0.2, 0.25) is 23.6 Å². The van der Waals surface area contributed by atoms with Crippen LogP contribution in [0.25, 0.3) is 0 Å². The fourth-order valence-corrected chi connectivity index (χ4v) is 9.36. The Bertz CT molecular complexity index is 2080. The topological polar surface area (TPSA) is 263 Å². The molecule has 1 fully saturated rings. The molecule has 1 unspecified atom stereocenters. The van der Waals surface area contributed by atoms with Crippen molar-refractivity contribution in [2.45, 2.75) is 148 Å². The molecule has 1 aliphatic rings. The number of primary amides is 1. The molecule has 0 spiro atoms. The van der Waals surface area contributed by atoms with E-state index in [4.69, 9.17) is 19.2 Å². The SMILES string of the molecule is CC(=O)N1CCC[C@H]1C(=O)N[C@@H](CC(C)C)C(=O)C[C@@H](Cc1cncn1CCCCCCCCc1ccccc1)C(=O)N[C@@H](CO)C(=O)C[C@H](C(N)=O)[C@@H](C)OP(=O)(O)OCCc1ccco1. The third kappa shape index (κ3) is 18.5. The van der Waals surface area contributed by atoms with Crippen molar-refractivity contribution in [2.24, 2.45) is 23.5 Å². The molecule has 3 aromatic rings. The quantitative estimate of drug-likeness (QED) is 0.0407. The number of nitrogens with one attached hydrogen (secondary N) is 2. The number of ketones is 2. The summed E-state index contributed by atoms with van der Waals surface area (Å²) in [6.07, 6.45) is 11.1. The summed E-state index contributed by atoms with van der Waals surface area (Å²) in [6, 6.07) is 10.4. The van der Waals surface area contributed by atoms with Crippen LogP contribution in [0, 0.1) is 17.8 Å². The van der Waals surface area contributed by atoms with Crippen LogP contribution in [0.5, 0.6) is 0 Å². The lowest BCUT2D eigenvalue weighted by molar-refractivity contribution is -0.138. The van der Waals surface area contributed by atoms with Crippen LogP contribution in [0.4, 0.5) is 0 Å². The third-order valence-electron chi connectivity index (χ3n) is 12.1. The van der Waals surface area contributed by atoms with Gasteiger partial charge in [-0.05, 0) is 69.1 Å². The highest BCUT2D eigenvalue weighted by molar-refractivity contribution is 7.47. The molecule has 7 atom stereocenters. The molecule has 0 bridgehead atoms. The lowest BCUT2D eigenvalue weighted by atomic mass is 9.89. The highest BCUT2D eigenvalue weighted by atomic mass is 31.2. The van der Waals surface area contributed by atoms with Crippen LogP contribution in [0.1, 0.15) is 115 Å². The Morgan fingerprint density at radius 3 is 2.28 bits per heavy atom. The zero-order valence-corrected chi connectivity index (χ0v) is 40.3. The van der Waals surface area contributed by atoms with Gasteiger partial charge in [0.1, 0.15) is 17.8 Å². The van der Waals surface area contributed by atoms with Gasteiger partial charge >= 0.3 is 7.82 Å². The minimum absolute atomic E-state index is 0.0208. The van der Waals surface area contributed by atoms with E-state index in [0.29, 0.717) is 37.4 Å². The van der Waals surface area contributed by atoms with Crippen molar-refractivity contribution < 1.29 is 56.8 Å². The molecule has 1 saturated heterocycles. The molecule has 370 valence electrons. The van der Waals surface area contributed by atoms with Gasteiger partial charge < -0.3 is 40.3 Å². The number of phosphoric ester groups is 1. The summed E-state index contributed by atoms with van der Waals surface area (Å²) in [5.74, 6) is -5.84. The van der Waals surface area contributed by atoms with E-state index in [1.807, 2.05) is 24.5 Å². The van der Waals surface area contributed by atoms with Crippen molar-refractivity contribution >= 4 is 43.0 Å². The summed E-state index contributed by atoms with van der Waals surface area (Å²) < 4.78 is 30.0. The number of hydrogen-bond acceptors (Lipinski definition) is 12. The van der Waals surface area contributed by atoms with Gasteiger partial charge in [0.25, 0.3) is 0 Å². The summed E-state index contributed by atoms with van der Waals surface area (Å²) in [7, 11) is -4.74. The van der Waals surface area contributed by atoms with Gasteiger partial charge in [-0.3, -0.25) is 37.8 Å². The number of phosphoric acid groups is 1. The number of nitrogens with zero attached hydrogens (tertiary/aromatic N) is 3. The van der Waals surface area contributed by atoms with E-state index in [1.165, 1.54) is 30.6 Å². The highest BCUT2D eigenvalue weighted by Gasteiger charge is 2.38. The molecule has 3 heterocycles. The Balaban J connectivity index is 1.45. The average molecular weight is 955 g/mol. The molecule has 6 N–H and O–H groups in total. The summed E-state index contributed by atoms with van der Waals surface area (Å²) in [5, 5.41) is 15.8. The highest BCUT2D eigenvalue weighted by Crippen LogP contribution is 2.46. The largest absolute Gasteiger partial charge is 0.472 e. The Hall–Kier alpha value is -5.00. The second kappa shape index (κ2) is 27.7. The van der Waals surface area contributed by atoms with Gasteiger partial charge in [-0.15, -0.1) is 0 Å². The number of aryl methyl sites for hydroxylation is 2. The molecule has 0 radical (unpaired) electrons. The van der Waals surface area contributed by atoms with E-state index in [1.54, 1.807) is 24.7 Å². The van der Waals surface area contributed by atoms with Crippen molar-refractivity contribution in [1.82, 2.24) is 25.1 Å². The van der Waals surface area contributed by atoms with Crippen LogP contribution in [0.3, 0.4) is 0 Å². The fourth-order valence-electron chi connectivity index (χ4n) is 8.41. The molecule has 4 amide bonds. The smallest absolute Gasteiger partial charge is 0.469 e. The molecule has 0 aliphatic carbocycles. The lowest BCUT2D eigenvalue weighted by Crippen LogP contribution is -2.52. The second-order valence-corrected chi connectivity index (χ2v) is 19.3. The van der Waals surface area contributed by atoms with Gasteiger partial charge in [-0.2, -0.15) is 0 Å². The van der Waals surface area contributed by atoms with E-state index in [-0.39, 0.29) is 44.1 Å². The van der Waals surface area contributed by atoms with Gasteiger partial charge in [-0.25, -0.2) is 9.55 Å². The number of amides is 4. The molecule has 19 heteroatoms. The number of furan rings is 1. The number of benzene rings is 1. The minimum Gasteiger partial charge on any atom is -0.469 e. The molecular formula is C48H71N6O12P. The van der Waals surface area contributed by atoms with E-state index >= 15 is 0 Å². The van der Waals surface area contributed by atoms with Gasteiger partial charge in [-0.1, -0.05) is 69.9 Å². The maximum atomic E-state index is 14.3. The number of rotatable bonds is 32. The standard InChI is InChI=1S/C48H71N6O12P/c1-33(2)26-41(51-48(61)43-20-14-23-54(43)35(4)56)44(57)28-37(27-38-30-50-32-53(38)22-13-8-6-5-7-10-16-36-17-11-9-12-18-36)47(60)52-42(31-55)45(58)29-40(46(49)59)34(3)66-67(62,63)65-25-21-39-19-15-24-64-39/h9,11-12,15,17-19,24,30,32-34,37,40-43,55H,5-8,10,13-14,16,20-23,25-29,31H2,1-4H3,(H2,49,59)(H,51,61)(H,52,60)(H,62,63)/t34-,37-,40+,41+,42+,43+/m1/s1. The second-order valence-electron chi connectivity index (χ2n) is 17.9. The van der Waals surface area contributed by atoms with E-state index in [9.17, 15) is 43.3 Å². The molecule has 2 aromatic heterocycles. The van der Waals surface area contributed by atoms with Crippen molar-refractivity contribution in [3.8, 4) is 0 Å². The lowest BCUT2D eigenvalue weighted by Gasteiger charge is -2.27. The van der Waals surface area contributed by atoms with Crippen LogP contribution >= 0.6 is 7.82 Å². The molecule has 18 nitrogen and oxygen atoms in total. The zero-order chi connectivity index (χ0) is 48.9.